The van der Waals surface area contributed by atoms with Crippen LogP contribution in [0.3, 0.4) is 0 Å². The zero-order chi connectivity index (χ0) is 24.0. The number of nitrogens with one attached hydrogen (secondary N) is 2. The maximum Gasteiger partial charge on any atom is 0.0591 e. The van der Waals surface area contributed by atoms with Gasteiger partial charge in [-0.25, -0.2) is 0 Å². The van der Waals surface area contributed by atoms with Gasteiger partial charge in [0.05, 0.1) is 13.2 Å². The van der Waals surface area contributed by atoms with Crippen LogP contribution in [0.1, 0.15) is 122 Å². The average Bonchev–Trinajstić information content (AvgIpc) is 3.74. The Kier molecular flexibility index (Phi) is 27.2. The SMILES string of the molecule is C1CCCC1.C1CCCCC1.C1CCNCC1.C1CCOC1.C1CCOCC1.C1COCCN1. The molecule has 0 aromatic carbocycles. The first-order valence-electron chi connectivity index (χ1n) is 15.1. The molecule has 0 radical (unpaired) electrons. The van der Waals surface area contributed by atoms with Gasteiger partial charge < -0.3 is 24.8 Å². The molecular formula is C29H60N2O3. The van der Waals surface area contributed by atoms with E-state index in [0.717, 1.165) is 52.7 Å². The lowest BCUT2D eigenvalue weighted by atomic mass is 10.0. The van der Waals surface area contributed by atoms with E-state index in [2.05, 4.69) is 10.6 Å². The van der Waals surface area contributed by atoms with Gasteiger partial charge in [-0.3, -0.25) is 0 Å². The molecule has 0 aromatic rings. The average molecular weight is 485 g/mol. The number of ether oxygens (including phenoxy) is 3. The van der Waals surface area contributed by atoms with E-state index in [1.807, 2.05) is 0 Å². The molecule has 2 N–H and O–H groups in total. The molecule has 0 atom stereocenters. The van der Waals surface area contributed by atoms with E-state index in [1.165, 1.54) is 135 Å². The minimum Gasteiger partial charge on any atom is -0.381 e. The number of rotatable bonds is 0. The molecule has 5 nitrogen and oxygen atoms in total. The summed E-state index contributed by atoms with van der Waals surface area (Å²) in [5.74, 6) is 0. The Bertz CT molecular complexity index is 228. The van der Waals surface area contributed by atoms with Crippen LogP contribution in [0.2, 0.25) is 0 Å². The molecule has 34 heavy (non-hydrogen) atoms. The molecular weight excluding hydrogens is 424 g/mol. The highest BCUT2D eigenvalue weighted by Gasteiger charge is 1.97. The molecule has 6 rings (SSSR count). The predicted molar refractivity (Wildman–Crippen MR) is 146 cm³/mol. The highest BCUT2D eigenvalue weighted by atomic mass is 16.5. The third-order valence-electron chi connectivity index (χ3n) is 6.71. The van der Waals surface area contributed by atoms with Crippen LogP contribution >= 0.6 is 0 Å². The molecule has 6 fully saturated rings. The summed E-state index contributed by atoms with van der Waals surface area (Å²) in [7, 11) is 0. The van der Waals surface area contributed by atoms with Crippen LogP contribution in [-0.2, 0) is 14.2 Å². The van der Waals surface area contributed by atoms with Gasteiger partial charge in [0.2, 0.25) is 0 Å². The highest BCUT2D eigenvalue weighted by Crippen LogP contribution is 2.15. The van der Waals surface area contributed by atoms with Crippen LogP contribution in [0.15, 0.2) is 0 Å². The molecule has 0 amide bonds. The molecule has 204 valence electrons. The highest BCUT2D eigenvalue weighted by molar-refractivity contribution is 4.55. The van der Waals surface area contributed by atoms with Crippen molar-refractivity contribution in [3.8, 4) is 0 Å². The summed E-state index contributed by atoms with van der Waals surface area (Å²) < 4.78 is 15.0. The first-order valence-corrected chi connectivity index (χ1v) is 15.1. The van der Waals surface area contributed by atoms with Crippen molar-refractivity contribution < 1.29 is 14.2 Å². The fourth-order valence-corrected chi connectivity index (χ4v) is 4.46. The van der Waals surface area contributed by atoms with Gasteiger partial charge in [0, 0.05) is 39.5 Å². The second-order valence-corrected chi connectivity index (χ2v) is 10.1. The first kappa shape index (κ1) is 31.8. The standard InChI is InChI=1S/C6H12.C5H11N.C5H10O.C5H10.C4H9NO.C4H8O/c3*1-2-4-6-5-3-1;1-2-4-5-3-1;1-3-6-4-2-5-1;1-2-4-5-3-1/h1-6H2;6H,1-5H2;1-5H2;1-5H2;5H,1-4H2;1-4H2. The first-order chi connectivity index (χ1) is 17.0. The van der Waals surface area contributed by atoms with Crippen molar-refractivity contribution in [2.24, 2.45) is 0 Å². The van der Waals surface area contributed by atoms with Crippen LogP contribution in [0.5, 0.6) is 0 Å². The van der Waals surface area contributed by atoms with Gasteiger partial charge in [-0.05, 0) is 58.0 Å². The molecule has 0 unspecified atom stereocenters. The second kappa shape index (κ2) is 29.0. The Morgan fingerprint density at radius 3 is 0.647 bits per heavy atom. The van der Waals surface area contributed by atoms with Crippen molar-refractivity contribution in [3.63, 3.8) is 0 Å². The van der Waals surface area contributed by atoms with Crippen molar-refractivity contribution in [3.05, 3.63) is 0 Å². The summed E-state index contributed by atoms with van der Waals surface area (Å²) in [6.07, 6.45) is 27.2. The summed E-state index contributed by atoms with van der Waals surface area (Å²) in [6.45, 7) is 10.3. The van der Waals surface area contributed by atoms with Gasteiger partial charge >= 0.3 is 0 Å². The Morgan fingerprint density at radius 2 is 0.500 bits per heavy atom. The van der Waals surface area contributed by atoms with Gasteiger partial charge in [0.25, 0.3) is 0 Å². The molecule has 2 saturated carbocycles. The minimum absolute atomic E-state index is 0.889. The number of piperidine rings is 1. The molecule has 4 saturated heterocycles. The quantitative estimate of drug-likeness (QED) is 0.403. The van der Waals surface area contributed by atoms with Crippen LogP contribution in [0, 0.1) is 0 Å². The van der Waals surface area contributed by atoms with Crippen molar-refractivity contribution in [2.45, 2.75) is 122 Å². The molecule has 2 aliphatic carbocycles. The molecule has 4 heterocycles. The monoisotopic (exact) mass is 484 g/mol. The van der Waals surface area contributed by atoms with Gasteiger partial charge in [0.15, 0.2) is 0 Å². The molecule has 5 heteroatoms. The van der Waals surface area contributed by atoms with Gasteiger partial charge in [-0.15, -0.1) is 0 Å². The van der Waals surface area contributed by atoms with Gasteiger partial charge in [0.1, 0.15) is 0 Å². The Balaban J connectivity index is 0.000000204. The zero-order valence-corrected chi connectivity index (χ0v) is 22.7. The lowest BCUT2D eigenvalue weighted by molar-refractivity contribution is 0.0968. The van der Waals surface area contributed by atoms with Crippen molar-refractivity contribution in [1.82, 2.24) is 10.6 Å². The fraction of sp³-hybridized carbons (Fsp3) is 1.00. The van der Waals surface area contributed by atoms with E-state index in [1.54, 1.807) is 0 Å². The third kappa shape index (κ3) is 26.4. The van der Waals surface area contributed by atoms with Crippen LogP contribution in [-0.4, -0.2) is 65.8 Å². The largest absolute Gasteiger partial charge is 0.381 e. The van der Waals surface area contributed by atoms with Gasteiger partial charge in [-0.1, -0.05) is 77.0 Å². The molecule has 4 aliphatic heterocycles. The van der Waals surface area contributed by atoms with E-state index < -0.39 is 0 Å². The van der Waals surface area contributed by atoms with E-state index in [9.17, 15) is 0 Å². The lowest BCUT2D eigenvalue weighted by Crippen LogP contribution is -2.30. The molecule has 0 spiro atoms. The molecule has 0 aromatic heterocycles. The van der Waals surface area contributed by atoms with Crippen molar-refractivity contribution >= 4 is 0 Å². The summed E-state index contributed by atoms with van der Waals surface area (Å²) in [6, 6.07) is 0. The van der Waals surface area contributed by atoms with E-state index in [-0.39, 0.29) is 0 Å². The Labute approximate surface area is 212 Å². The second-order valence-electron chi connectivity index (χ2n) is 10.1. The summed E-state index contributed by atoms with van der Waals surface area (Å²) >= 11 is 0. The Hall–Kier alpha value is -0.200. The fourth-order valence-electron chi connectivity index (χ4n) is 4.46. The van der Waals surface area contributed by atoms with Crippen LogP contribution in [0.25, 0.3) is 0 Å². The Morgan fingerprint density at radius 1 is 0.235 bits per heavy atom. The molecule has 6 aliphatic rings. The summed E-state index contributed by atoms with van der Waals surface area (Å²) in [5.41, 5.74) is 0. The maximum absolute atomic E-state index is 5.07. The van der Waals surface area contributed by atoms with Gasteiger partial charge in [-0.2, -0.15) is 0 Å². The summed E-state index contributed by atoms with van der Waals surface area (Å²) in [5, 5.41) is 6.44. The smallest absolute Gasteiger partial charge is 0.0591 e. The maximum atomic E-state index is 5.07. The van der Waals surface area contributed by atoms with Crippen LogP contribution in [0.4, 0.5) is 0 Å². The van der Waals surface area contributed by atoms with E-state index in [4.69, 9.17) is 14.2 Å². The normalized spacial score (nSPS) is 24.0. The van der Waals surface area contributed by atoms with E-state index >= 15 is 0 Å². The van der Waals surface area contributed by atoms with Crippen LogP contribution < -0.4 is 10.6 Å². The predicted octanol–water partition coefficient (Wildman–Crippen LogP) is 6.64. The lowest BCUT2D eigenvalue weighted by Gasteiger charge is -2.10. The number of morpholine rings is 1. The minimum atomic E-state index is 0.889. The summed E-state index contributed by atoms with van der Waals surface area (Å²) in [4.78, 5) is 0. The van der Waals surface area contributed by atoms with E-state index in [0.29, 0.717) is 0 Å². The number of hydrogen-bond donors (Lipinski definition) is 2. The number of hydrogen-bond acceptors (Lipinski definition) is 5. The zero-order valence-electron chi connectivity index (χ0n) is 22.7. The topological polar surface area (TPSA) is 51.8 Å². The van der Waals surface area contributed by atoms with Crippen molar-refractivity contribution in [2.75, 3.05) is 65.8 Å². The third-order valence-corrected chi connectivity index (χ3v) is 6.71. The van der Waals surface area contributed by atoms with Crippen molar-refractivity contribution in [1.29, 1.82) is 0 Å². The molecule has 0 bridgehead atoms.